The first kappa shape index (κ1) is 42.7. The summed E-state index contributed by atoms with van der Waals surface area (Å²) in [6, 6.07) is 39.1. The van der Waals surface area contributed by atoms with E-state index < -0.39 is 14.2 Å². The van der Waals surface area contributed by atoms with Gasteiger partial charge in [-0.05, 0) is 98.1 Å². The number of carbonyl (C=O) groups excluding carboxylic acids is 1. The van der Waals surface area contributed by atoms with Crippen LogP contribution >= 0.6 is 0 Å². The van der Waals surface area contributed by atoms with Crippen molar-refractivity contribution in [3.8, 4) is 11.5 Å². The van der Waals surface area contributed by atoms with Gasteiger partial charge in [-0.3, -0.25) is 4.79 Å². The Morgan fingerprint density at radius 3 is 2.00 bits per heavy atom. The normalized spacial score (nSPS) is 17.5. The molecule has 1 aliphatic heterocycles. The number of ether oxygens (including phenoxy) is 3. The molecule has 1 heterocycles. The van der Waals surface area contributed by atoms with E-state index in [9.17, 15) is 0 Å². The Morgan fingerprint density at radius 2 is 1.45 bits per heavy atom. The van der Waals surface area contributed by atoms with Crippen molar-refractivity contribution in [3.63, 3.8) is 0 Å². The highest BCUT2D eigenvalue weighted by Crippen LogP contribution is 2.38. The second-order valence-electron chi connectivity index (χ2n) is 17.1. The third-order valence-electron chi connectivity index (χ3n) is 10.7. The minimum Gasteiger partial charge on any atom is -0.497 e. The number of methoxy groups -OCH3 is 1. The molecule has 0 bridgehead atoms. The van der Waals surface area contributed by atoms with Crippen LogP contribution in [0.15, 0.2) is 133 Å². The van der Waals surface area contributed by atoms with E-state index in [2.05, 4.69) is 128 Å². The largest absolute Gasteiger partial charge is 0.497 e. The van der Waals surface area contributed by atoms with Gasteiger partial charge >= 0.3 is 0 Å². The van der Waals surface area contributed by atoms with Crippen LogP contribution in [0.2, 0.25) is 5.04 Å². The zero-order valence-corrected chi connectivity index (χ0v) is 35.9. The number of allylic oxidation sites excluding steroid dienone is 1. The molecule has 1 fully saturated rings. The van der Waals surface area contributed by atoms with Gasteiger partial charge in [0.15, 0.2) is 0 Å². The van der Waals surface area contributed by atoms with E-state index in [1.165, 1.54) is 10.4 Å². The van der Waals surface area contributed by atoms with Gasteiger partial charge in [-0.25, -0.2) is 0 Å². The molecule has 5 rings (SSSR count). The molecule has 0 unspecified atom stereocenters. The van der Waals surface area contributed by atoms with Crippen LogP contribution < -0.4 is 19.8 Å². The van der Waals surface area contributed by atoms with Crippen LogP contribution in [0, 0.1) is 11.8 Å². The first-order valence-electron chi connectivity index (χ1n) is 20.1. The van der Waals surface area contributed by atoms with Crippen LogP contribution in [-0.4, -0.2) is 63.7 Å². The van der Waals surface area contributed by atoms with Crippen molar-refractivity contribution >= 4 is 30.7 Å². The monoisotopic (exact) mass is 773 g/mol. The van der Waals surface area contributed by atoms with E-state index in [4.69, 9.17) is 18.6 Å². The van der Waals surface area contributed by atoms with Gasteiger partial charge in [-0.15, -0.1) is 0 Å². The van der Waals surface area contributed by atoms with Gasteiger partial charge < -0.3 is 23.5 Å². The number of benzene rings is 4. The Balaban J connectivity index is 1.45. The highest BCUT2D eigenvalue weighted by molar-refractivity contribution is 6.99. The Morgan fingerprint density at radius 1 is 0.857 bits per heavy atom. The van der Waals surface area contributed by atoms with Crippen LogP contribution in [0.5, 0.6) is 11.5 Å². The van der Waals surface area contributed by atoms with Gasteiger partial charge in [0, 0.05) is 13.2 Å². The molecular weight excluding hydrogens is 711 g/mol. The molecular formula is C49H63NO5Si. The lowest BCUT2D eigenvalue weighted by atomic mass is 9.82. The Hall–Kier alpha value is -4.43. The van der Waals surface area contributed by atoms with Crippen molar-refractivity contribution in [2.24, 2.45) is 11.8 Å². The molecule has 0 spiro atoms. The number of amides is 1. The van der Waals surface area contributed by atoms with Crippen LogP contribution in [0.25, 0.3) is 6.08 Å². The molecule has 56 heavy (non-hydrogen) atoms. The number of hydrogen-bond donors (Lipinski definition) is 0. The summed E-state index contributed by atoms with van der Waals surface area (Å²) in [5.41, 5.74) is 1.60. The second-order valence-corrected chi connectivity index (χ2v) is 21.4. The maximum Gasteiger partial charge on any atom is 0.261 e. The number of likely N-dealkylation sites (tertiary alicyclic amines) is 1. The lowest BCUT2D eigenvalue weighted by Crippen LogP contribution is -2.66. The Labute approximate surface area is 337 Å². The van der Waals surface area contributed by atoms with Crippen molar-refractivity contribution in [2.45, 2.75) is 90.5 Å². The zero-order chi connectivity index (χ0) is 40.3. The standard InChI is InChI=1S/C49H63NO5Si/c1-37(2)45(29-20-32-54-56(49(6,7)8,43-25-15-11-16-26-43)44-27-17-12-18-28-44)46(31-30-38-21-19-24-41(33-38)52-9)47(51)50-35-42(55-48(3,4)5)34-39(50)36-53-40-22-13-10-14-23-40/h10-19,21-28,30-31,33,39,42,45-46H,1,20,29,32,34-36H2,2-9H3/b31-30+/t39-,42+,45+,46-/m0/s1. The molecule has 1 amide bonds. The third-order valence-corrected chi connectivity index (χ3v) is 15.7. The fraction of sp³-hybridized carbons (Fsp3) is 0.408. The summed E-state index contributed by atoms with van der Waals surface area (Å²) in [4.78, 5) is 17.1. The van der Waals surface area contributed by atoms with Crippen molar-refractivity contribution in [1.82, 2.24) is 4.90 Å². The van der Waals surface area contributed by atoms with Gasteiger partial charge in [0.1, 0.15) is 18.1 Å². The molecule has 0 saturated carbocycles. The summed E-state index contributed by atoms with van der Waals surface area (Å²) in [6.45, 7) is 21.1. The summed E-state index contributed by atoms with van der Waals surface area (Å²) in [5, 5.41) is 2.39. The lowest BCUT2D eigenvalue weighted by Gasteiger charge is -2.43. The minimum atomic E-state index is -2.71. The molecule has 1 aliphatic rings. The van der Waals surface area contributed by atoms with Gasteiger partial charge in [0.05, 0.1) is 30.8 Å². The first-order valence-corrected chi connectivity index (χ1v) is 22.0. The third kappa shape index (κ3) is 10.9. The number of carbonyl (C=O) groups is 1. The topological polar surface area (TPSA) is 57.2 Å². The zero-order valence-electron chi connectivity index (χ0n) is 34.9. The average Bonchev–Trinajstić information content (AvgIpc) is 3.57. The van der Waals surface area contributed by atoms with Crippen LogP contribution in [0.4, 0.5) is 0 Å². The summed E-state index contributed by atoms with van der Waals surface area (Å²) < 4.78 is 25.6. The number of hydrogen-bond acceptors (Lipinski definition) is 5. The van der Waals surface area contributed by atoms with E-state index in [1.807, 2.05) is 59.5 Å². The molecule has 6 nitrogen and oxygen atoms in total. The van der Waals surface area contributed by atoms with Gasteiger partial charge in [0.25, 0.3) is 8.32 Å². The Kier molecular flexibility index (Phi) is 14.6. The smallest absolute Gasteiger partial charge is 0.261 e. The summed E-state index contributed by atoms with van der Waals surface area (Å²) in [6.07, 6.45) is 6.24. The first-order chi connectivity index (χ1) is 26.7. The van der Waals surface area contributed by atoms with Crippen LogP contribution in [0.1, 0.15) is 73.3 Å². The van der Waals surface area contributed by atoms with E-state index in [0.29, 0.717) is 26.2 Å². The van der Waals surface area contributed by atoms with Gasteiger partial charge in [-0.2, -0.15) is 0 Å². The second kappa shape index (κ2) is 19.1. The van der Waals surface area contributed by atoms with E-state index in [0.717, 1.165) is 35.5 Å². The van der Waals surface area contributed by atoms with Crippen molar-refractivity contribution in [3.05, 3.63) is 139 Å². The predicted molar refractivity (Wildman–Crippen MR) is 233 cm³/mol. The number of rotatable bonds is 17. The molecule has 4 atom stereocenters. The van der Waals surface area contributed by atoms with E-state index in [-0.39, 0.29) is 34.6 Å². The minimum absolute atomic E-state index is 0.0618. The van der Waals surface area contributed by atoms with Crippen molar-refractivity contribution in [1.29, 1.82) is 0 Å². The van der Waals surface area contributed by atoms with Gasteiger partial charge in [-0.1, -0.05) is 136 Å². The molecule has 0 radical (unpaired) electrons. The summed E-state index contributed by atoms with van der Waals surface area (Å²) in [7, 11) is -1.04. The maximum atomic E-state index is 15.1. The average molecular weight is 774 g/mol. The summed E-state index contributed by atoms with van der Waals surface area (Å²) in [5.74, 6) is 1.04. The van der Waals surface area contributed by atoms with E-state index >= 15 is 4.79 Å². The molecule has 0 N–H and O–H groups in total. The number of nitrogens with zero attached hydrogens (tertiary/aromatic N) is 1. The fourth-order valence-electron chi connectivity index (χ4n) is 8.16. The number of para-hydroxylation sites is 1. The lowest BCUT2D eigenvalue weighted by molar-refractivity contribution is -0.137. The van der Waals surface area contributed by atoms with Crippen LogP contribution in [-0.2, 0) is 14.0 Å². The fourth-order valence-corrected chi connectivity index (χ4v) is 12.8. The quantitative estimate of drug-likeness (QED) is 0.0608. The molecule has 1 saturated heterocycles. The highest BCUT2D eigenvalue weighted by Gasteiger charge is 2.50. The van der Waals surface area contributed by atoms with E-state index in [1.54, 1.807) is 7.11 Å². The van der Waals surface area contributed by atoms with Crippen LogP contribution in [0.3, 0.4) is 0 Å². The predicted octanol–water partition coefficient (Wildman–Crippen LogP) is 9.74. The highest BCUT2D eigenvalue weighted by atomic mass is 28.4. The molecule has 0 aromatic heterocycles. The SMILES string of the molecule is C=C(C)[C@@H](CCCO[Si](c1ccccc1)(c1ccccc1)C(C)(C)C)[C@H](/C=C/c1cccc(OC)c1)C(=O)N1C[C@H](OC(C)(C)C)C[C@H]1COc1ccccc1. The molecule has 7 heteroatoms. The maximum absolute atomic E-state index is 15.1. The molecule has 0 aliphatic carbocycles. The van der Waals surface area contributed by atoms with Crippen molar-refractivity contribution < 1.29 is 23.4 Å². The molecule has 4 aromatic carbocycles. The molecule has 4 aromatic rings. The van der Waals surface area contributed by atoms with Gasteiger partial charge in [0.2, 0.25) is 5.91 Å². The molecule has 298 valence electrons. The summed E-state index contributed by atoms with van der Waals surface area (Å²) >= 11 is 0. The van der Waals surface area contributed by atoms with Crippen molar-refractivity contribution in [2.75, 3.05) is 26.9 Å². The Bertz CT molecular complexity index is 1830.